The highest BCUT2D eigenvalue weighted by molar-refractivity contribution is 7.92. The molecule has 0 bridgehead atoms. The predicted molar refractivity (Wildman–Crippen MR) is 99.5 cm³/mol. The summed E-state index contributed by atoms with van der Waals surface area (Å²) in [6, 6.07) is 7.44. The number of aromatic nitrogens is 4. The van der Waals surface area contributed by atoms with Crippen molar-refractivity contribution in [2.75, 3.05) is 10.0 Å². The Morgan fingerprint density at radius 1 is 1.15 bits per heavy atom. The molecule has 0 fully saturated rings. The molecular weight excluding hydrogens is 368 g/mol. The van der Waals surface area contributed by atoms with E-state index in [2.05, 4.69) is 25.1 Å². The molecule has 0 radical (unpaired) electrons. The topological polar surface area (TPSA) is 119 Å². The second kappa shape index (κ2) is 7.96. The van der Waals surface area contributed by atoms with Crippen LogP contribution in [0.1, 0.15) is 12.0 Å². The van der Waals surface area contributed by atoms with Gasteiger partial charge in [-0.05, 0) is 42.8 Å². The zero-order valence-electron chi connectivity index (χ0n) is 14.5. The van der Waals surface area contributed by atoms with E-state index in [0.29, 0.717) is 12.2 Å². The lowest BCUT2D eigenvalue weighted by atomic mass is 10.3. The quantitative estimate of drug-likeness (QED) is 0.639. The Morgan fingerprint density at radius 3 is 2.48 bits per heavy atom. The minimum Gasteiger partial charge on any atom is -0.326 e. The van der Waals surface area contributed by atoms with E-state index in [0.717, 1.165) is 5.56 Å². The Morgan fingerprint density at radius 2 is 1.85 bits per heavy atom. The van der Waals surface area contributed by atoms with E-state index < -0.39 is 10.0 Å². The van der Waals surface area contributed by atoms with Crippen molar-refractivity contribution < 1.29 is 13.2 Å². The van der Waals surface area contributed by atoms with Crippen molar-refractivity contribution in [1.29, 1.82) is 0 Å². The third-order valence-electron chi connectivity index (χ3n) is 3.57. The van der Waals surface area contributed by atoms with Gasteiger partial charge < -0.3 is 5.32 Å². The lowest BCUT2D eigenvalue weighted by Crippen LogP contribution is -2.16. The highest BCUT2D eigenvalue weighted by Gasteiger charge is 2.15. The molecule has 0 aliphatic heterocycles. The largest absolute Gasteiger partial charge is 0.326 e. The minimum atomic E-state index is -3.80. The molecule has 1 aromatic carbocycles. The highest BCUT2D eigenvalue weighted by Crippen LogP contribution is 2.16. The van der Waals surface area contributed by atoms with Crippen LogP contribution in [0.5, 0.6) is 0 Å². The summed E-state index contributed by atoms with van der Waals surface area (Å²) in [6.45, 7) is 2.39. The molecule has 0 aliphatic rings. The summed E-state index contributed by atoms with van der Waals surface area (Å²) in [4.78, 5) is 19.7. The van der Waals surface area contributed by atoms with Gasteiger partial charge in [0.05, 0.1) is 11.1 Å². The van der Waals surface area contributed by atoms with Gasteiger partial charge in [0.2, 0.25) is 11.9 Å². The number of rotatable bonds is 7. The van der Waals surface area contributed by atoms with E-state index in [9.17, 15) is 13.2 Å². The molecule has 2 aromatic heterocycles. The smallest absolute Gasteiger partial charge is 0.264 e. The molecule has 2 heterocycles. The number of anilines is 2. The van der Waals surface area contributed by atoms with Crippen molar-refractivity contribution in [1.82, 2.24) is 19.7 Å². The summed E-state index contributed by atoms with van der Waals surface area (Å²) >= 11 is 0. The average Bonchev–Trinajstić information content (AvgIpc) is 3.06. The van der Waals surface area contributed by atoms with Crippen LogP contribution in [0.3, 0.4) is 0 Å². The van der Waals surface area contributed by atoms with Crippen LogP contribution in [0.4, 0.5) is 11.6 Å². The number of carbonyl (C=O) groups is 1. The first kappa shape index (κ1) is 18.5. The van der Waals surface area contributed by atoms with E-state index in [1.165, 1.54) is 36.7 Å². The van der Waals surface area contributed by atoms with Gasteiger partial charge in [0.15, 0.2) is 0 Å². The fraction of sp³-hybridized carbons (Fsp3) is 0.176. The molecule has 0 spiro atoms. The Bertz CT molecular complexity index is 1020. The van der Waals surface area contributed by atoms with Crippen LogP contribution in [0, 0.1) is 6.92 Å². The zero-order valence-corrected chi connectivity index (χ0v) is 15.3. The average molecular weight is 386 g/mol. The van der Waals surface area contributed by atoms with Crippen LogP contribution in [0.25, 0.3) is 0 Å². The fourth-order valence-electron chi connectivity index (χ4n) is 2.28. The molecule has 0 aliphatic carbocycles. The summed E-state index contributed by atoms with van der Waals surface area (Å²) in [5, 5.41) is 6.85. The molecular formula is C17H18N6O3S. The number of nitrogens with zero attached hydrogens (tertiary/aromatic N) is 4. The lowest BCUT2D eigenvalue weighted by molar-refractivity contribution is -0.116. The minimum absolute atomic E-state index is 0.0104. The Hall–Kier alpha value is -3.27. The van der Waals surface area contributed by atoms with E-state index in [-0.39, 0.29) is 23.2 Å². The zero-order chi connectivity index (χ0) is 19.3. The summed E-state index contributed by atoms with van der Waals surface area (Å²) < 4.78 is 28.6. The van der Waals surface area contributed by atoms with Crippen LogP contribution < -0.4 is 10.0 Å². The van der Waals surface area contributed by atoms with Crippen molar-refractivity contribution in [2.24, 2.45) is 0 Å². The van der Waals surface area contributed by atoms with Gasteiger partial charge in [0.25, 0.3) is 10.0 Å². The number of hydrogen-bond donors (Lipinski definition) is 2. The van der Waals surface area contributed by atoms with Crippen LogP contribution in [0.15, 0.2) is 60.0 Å². The second-order valence-electron chi connectivity index (χ2n) is 5.78. The first-order valence-corrected chi connectivity index (χ1v) is 9.59. The lowest BCUT2D eigenvalue weighted by Gasteiger charge is -2.08. The Kier molecular flexibility index (Phi) is 5.46. The highest BCUT2D eigenvalue weighted by atomic mass is 32.2. The van der Waals surface area contributed by atoms with Gasteiger partial charge in [-0.3, -0.25) is 9.48 Å². The van der Waals surface area contributed by atoms with Gasteiger partial charge in [-0.1, -0.05) is 0 Å². The molecule has 2 N–H and O–H groups in total. The van der Waals surface area contributed by atoms with Crippen molar-refractivity contribution >= 4 is 27.6 Å². The van der Waals surface area contributed by atoms with Gasteiger partial charge >= 0.3 is 0 Å². The predicted octanol–water partition coefficient (Wildman–Crippen LogP) is 1.81. The van der Waals surface area contributed by atoms with Crippen molar-refractivity contribution in [3.8, 4) is 0 Å². The number of benzene rings is 1. The molecule has 3 aromatic rings. The maximum Gasteiger partial charge on any atom is 0.264 e. The normalized spacial score (nSPS) is 11.1. The first-order valence-electron chi connectivity index (χ1n) is 8.11. The Balaban J connectivity index is 1.58. The molecule has 0 saturated carbocycles. The van der Waals surface area contributed by atoms with Crippen molar-refractivity contribution in [3.63, 3.8) is 0 Å². The number of carbonyl (C=O) groups excluding carboxylic acids is 1. The third kappa shape index (κ3) is 5.11. The monoisotopic (exact) mass is 386 g/mol. The summed E-state index contributed by atoms with van der Waals surface area (Å²) in [6.07, 6.45) is 6.72. The van der Waals surface area contributed by atoms with Crippen LogP contribution in [-0.2, 0) is 21.4 Å². The number of aryl methyl sites for hydroxylation is 2. The van der Waals surface area contributed by atoms with E-state index in [1.807, 2.05) is 13.1 Å². The molecule has 9 nitrogen and oxygen atoms in total. The summed E-state index contributed by atoms with van der Waals surface area (Å²) in [5.41, 5.74) is 1.54. The maximum absolute atomic E-state index is 12.3. The summed E-state index contributed by atoms with van der Waals surface area (Å²) in [7, 11) is -3.80. The van der Waals surface area contributed by atoms with E-state index >= 15 is 0 Å². The molecule has 10 heteroatoms. The van der Waals surface area contributed by atoms with Gasteiger partial charge in [0, 0.05) is 37.2 Å². The standard InChI is InChI=1S/C17H18N6O3S/c1-13-11-20-23(12-13)10-7-16(24)21-14-3-5-15(6-4-14)27(25,26)22-17-18-8-2-9-19-17/h2-6,8-9,11-12H,7,10H2,1H3,(H,21,24)(H,18,19,22). The Labute approximate surface area is 156 Å². The van der Waals surface area contributed by atoms with Gasteiger partial charge in [0.1, 0.15) is 0 Å². The molecule has 140 valence electrons. The molecule has 1 amide bonds. The number of amides is 1. The van der Waals surface area contributed by atoms with Crippen LogP contribution >= 0.6 is 0 Å². The van der Waals surface area contributed by atoms with Crippen LogP contribution in [0.2, 0.25) is 0 Å². The fourth-order valence-corrected chi connectivity index (χ4v) is 3.24. The number of sulfonamides is 1. The molecule has 3 rings (SSSR count). The van der Waals surface area contributed by atoms with Gasteiger partial charge in [-0.25, -0.2) is 23.1 Å². The van der Waals surface area contributed by atoms with Crippen LogP contribution in [-0.4, -0.2) is 34.1 Å². The first-order chi connectivity index (χ1) is 12.9. The SMILES string of the molecule is Cc1cnn(CCC(=O)Nc2ccc(S(=O)(=O)Nc3ncccn3)cc2)c1. The molecule has 0 saturated heterocycles. The van der Waals surface area contributed by atoms with E-state index in [1.54, 1.807) is 16.9 Å². The summed E-state index contributed by atoms with van der Waals surface area (Å²) in [5.74, 6) is -0.196. The van der Waals surface area contributed by atoms with Gasteiger partial charge in [-0.15, -0.1) is 0 Å². The van der Waals surface area contributed by atoms with Crippen molar-refractivity contribution in [3.05, 3.63) is 60.7 Å². The van der Waals surface area contributed by atoms with Gasteiger partial charge in [-0.2, -0.15) is 5.10 Å². The molecule has 0 atom stereocenters. The molecule has 0 unspecified atom stereocenters. The van der Waals surface area contributed by atoms with Crippen molar-refractivity contribution in [2.45, 2.75) is 24.8 Å². The third-order valence-corrected chi connectivity index (χ3v) is 4.91. The van der Waals surface area contributed by atoms with E-state index in [4.69, 9.17) is 0 Å². The number of hydrogen-bond acceptors (Lipinski definition) is 6. The molecule has 27 heavy (non-hydrogen) atoms. The maximum atomic E-state index is 12.3. The second-order valence-corrected chi connectivity index (χ2v) is 7.46. The number of nitrogens with one attached hydrogen (secondary N) is 2.